The molecule has 274 valence electrons. The summed E-state index contributed by atoms with van der Waals surface area (Å²) in [5, 5.41) is 8.83. The lowest BCUT2D eigenvalue weighted by Gasteiger charge is -2.20. The number of nitrogens with two attached hydrogens (primary N) is 1. The number of allylic oxidation sites excluding steroid dienone is 4. The number of carboxylic acid groups (broad SMARTS) is 1. The van der Waals surface area contributed by atoms with Gasteiger partial charge in [-0.05, 0) is 38.5 Å². The van der Waals surface area contributed by atoms with E-state index < -0.39 is 51.1 Å². The van der Waals surface area contributed by atoms with Gasteiger partial charge in [-0.2, -0.15) is 0 Å². The van der Waals surface area contributed by atoms with Gasteiger partial charge in [0.25, 0.3) is 0 Å². The molecular weight excluding hydrogens is 625 g/mol. The van der Waals surface area contributed by atoms with Gasteiger partial charge in [0.2, 0.25) is 0 Å². The predicted octanol–water partition coefficient (Wildman–Crippen LogP) is 8.33. The van der Waals surface area contributed by atoms with Crippen LogP contribution >= 0.6 is 7.82 Å². The van der Waals surface area contributed by atoms with Gasteiger partial charge in [-0.15, -0.1) is 0 Å². The van der Waals surface area contributed by atoms with Gasteiger partial charge in [0.1, 0.15) is 12.6 Å². The molecule has 1 unspecified atom stereocenters. The first-order valence-electron chi connectivity index (χ1n) is 17.9. The summed E-state index contributed by atoms with van der Waals surface area (Å²) in [6, 6.07) is -1.52. The molecule has 0 aliphatic carbocycles. The van der Waals surface area contributed by atoms with Crippen LogP contribution in [0.3, 0.4) is 0 Å². The zero-order valence-corrected chi connectivity index (χ0v) is 30.0. The molecule has 0 aromatic heterocycles. The molecule has 0 saturated carbocycles. The van der Waals surface area contributed by atoms with E-state index in [-0.39, 0.29) is 19.4 Å². The van der Waals surface area contributed by atoms with Crippen LogP contribution < -0.4 is 5.73 Å². The third-order valence-corrected chi connectivity index (χ3v) is 8.40. The number of carbonyl (C=O) groups is 3. The number of hydrogen-bond donors (Lipinski definition) is 3. The fraction of sp³-hybridized carbons (Fsp3) is 0.800. The Morgan fingerprint density at radius 3 is 1.72 bits per heavy atom. The number of unbranched alkanes of at least 4 members (excludes halogenated alkanes) is 15. The lowest BCUT2D eigenvalue weighted by Crippen LogP contribution is -2.34. The lowest BCUT2D eigenvalue weighted by atomic mass is 10.1. The van der Waals surface area contributed by atoms with Crippen molar-refractivity contribution in [3.8, 4) is 0 Å². The van der Waals surface area contributed by atoms with Crippen LogP contribution in [0.1, 0.15) is 149 Å². The highest BCUT2D eigenvalue weighted by molar-refractivity contribution is 7.47. The minimum absolute atomic E-state index is 0.147. The van der Waals surface area contributed by atoms with Gasteiger partial charge in [-0.3, -0.25) is 23.4 Å². The van der Waals surface area contributed by atoms with E-state index >= 15 is 0 Å². The third kappa shape index (κ3) is 31.0. The van der Waals surface area contributed by atoms with Crippen LogP contribution in [0.2, 0.25) is 0 Å². The van der Waals surface area contributed by atoms with E-state index in [1.165, 1.54) is 44.9 Å². The summed E-state index contributed by atoms with van der Waals surface area (Å²) in [5.41, 5.74) is 5.30. The molecule has 0 aliphatic rings. The van der Waals surface area contributed by atoms with Crippen molar-refractivity contribution in [1.82, 2.24) is 0 Å². The number of carboxylic acids is 1. The van der Waals surface area contributed by atoms with Gasteiger partial charge in [-0.1, -0.05) is 122 Å². The Labute approximate surface area is 283 Å². The summed E-state index contributed by atoms with van der Waals surface area (Å²) in [4.78, 5) is 45.5. The second-order valence-corrected chi connectivity index (χ2v) is 13.5. The van der Waals surface area contributed by atoms with Gasteiger partial charge in [0.15, 0.2) is 6.10 Å². The molecule has 0 fully saturated rings. The molecule has 0 heterocycles. The highest BCUT2D eigenvalue weighted by Crippen LogP contribution is 2.43. The smallest absolute Gasteiger partial charge is 0.472 e. The van der Waals surface area contributed by atoms with E-state index in [0.29, 0.717) is 12.8 Å². The third-order valence-electron chi connectivity index (χ3n) is 7.45. The molecule has 0 saturated heterocycles. The van der Waals surface area contributed by atoms with Gasteiger partial charge in [0.05, 0.1) is 13.2 Å². The van der Waals surface area contributed by atoms with E-state index in [1.807, 2.05) is 0 Å². The molecule has 12 heteroatoms. The maximum absolute atomic E-state index is 12.5. The second kappa shape index (κ2) is 31.2. The first kappa shape index (κ1) is 45.0. The van der Waals surface area contributed by atoms with Crippen molar-refractivity contribution in [3.63, 3.8) is 0 Å². The first-order valence-corrected chi connectivity index (χ1v) is 19.4. The Kier molecular flexibility index (Phi) is 29.9. The largest absolute Gasteiger partial charge is 0.480 e. The van der Waals surface area contributed by atoms with E-state index in [1.54, 1.807) is 0 Å². The Morgan fingerprint density at radius 1 is 0.660 bits per heavy atom. The fourth-order valence-electron chi connectivity index (χ4n) is 4.55. The normalized spacial score (nSPS) is 14.3. The van der Waals surface area contributed by atoms with Crippen molar-refractivity contribution in [2.24, 2.45) is 5.73 Å². The number of ether oxygens (including phenoxy) is 2. The summed E-state index contributed by atoms with van der Waals surface area (Å²) < 4.78 is 32.4. The average Bonchev–Trinajstić information content (AvgIpc) is 3.04. The average molecular weight is 690 g/mol. The summed E-state index contributed by atoms with van der Waals surface area (Å²) in [6.07, 6.45) is 28.3. The quantitative estimate of drug-likeness (QED) is 0.0262. The lowest BCUT2D eigenvalue weighted by molar-refractivity contribution is -0.161. The number of hydrogen-bond acceptors (Lipinski definition) is 9. The molecule has 0 amide bonds. The predicted molar refractivity (Wildman–Crippen MR) is 185 cm³/mol. The molecule has 4 N–H and O–H groups in total. The molecule has 47 heavy (non-hydrogen) atoms. The van der Waals surface area contributed by atoms with E-state index in [2.05, 4.69) is 42.7 Å². The van der Waals surface area contributed by atoms with Gasteiger partial charge in [0, 0.05) is 12.8 Å². The minimum Gasteiger partial charge on any atom is -0.480 e. The Morgan fingerprint density at radius 2 is 1.15 bits per heavy atom. The maximum Gasteiger partial charge on any atom is 0.472 e. The van der Waals surface area contributed by atoms with E-state index in [0.717, 1.165) is 64.2 Å². The number of aliphatic carboxylic acids is 1. The monoisotopic (exact) mass is 689 g/mol. The zero-order chi connectivity index (χ0) is 35.0. The summed E-state index contributed by atoms with van der Waals surface area (Å²) in [6.45, 7) is 2.69. The van der Waals surface area contributed by atoms with Gasteiger partial charge >= 0.3 is 25.7 Å². The molecule has 0 spiro atoms. The molecule has 0 bridgehead atoms. The van der Waals surface area contributed by atoms with E-state index in [4.69, 9.17) is 24.8 Å². The van der Waals surface area contributed by atoms with Crippen LogP contribution in [0.4, 0.5) is 0 Å². The van der Waals surface area contributed by atoms with Crippen molar-refractivity contribution in [2.75, 3.05) is 19.8 Å². The van der Waals surface area contributed by atoms with Crippen LogP contribution in [-0.4, -0.2) is 59.9 Å². The first-order chi connectivity index (χ1) is 22.6. The number of rotatable bonds is 33. The topological polar surface area (TPSA) is 172 Å². The molecule has 0 rings (SSSR count). The van der Waals surface area contributed by atoms with Gasteiger partial charge < -0.3 is 25.2 Å². The fourth-order valence-corrected chi connectivity index (χ4v) is 5.33. The van der Waals surface area contributed by atoms with E-state index in [9.17, 15) is 23.8 Å². The molecule has 0 aliphatic heterocycles. The van der Waals surface area contributed by atoms with Crippen molar-refractivity contribution < 1.29 is 47.5 Å². The van der Waals surface area contributed by atoms with Gasteiger partial charge in [-0.25, -0.2) is 4.57 Å². The SMILES string of the molecule is CCCC/C=C\C/C=C\CCCCCCCC(=O)O[C@H](COC(=O)CCCCCCCCCCC)COP(=O)(O)OC[C@H](N)C(=O)O. The van der Waals surface area contributed by atoms with Crippen molar-refractivity contribution in [1.29, 1.82) is 0 Å². The molecule has 0 radical (unpaired) electrons. The standard InChI is InChI=1S/C35H64NO10P/c1-3-5-7-9-11-13-14-15-16-17-19-21-23-25-27-34(38)46-31(29-44-47(41,42)45-30-32(36)35(39)40)28-43-33(37)26-24-22-20-18-12-10-8-6-4-2/h9,11,14-15,31-32H,3-8,10,12-13,16-30,36H2,1-2H3,(H,39,40)(H,41,42)/b11-9-,15-14-/t31-,32+/m1/s1. The highest BCUT2D eigenvalue weighted by Gasteiger charge is 2.28. The van der Waals surface area contributed by atoms with Crippen LogP contribution in [0, 0.1) is 0 Å². The molecule has 11 nitrogen and oxygen atoms in total. The Bertz CT molecular complexity index is 911. The second-order valence-electron chi connectivity index (χ2n) is 12.0. The molecule has 0 aromatic carbocycles. The number of carbonyl (C=O) groups excluding carboxylic acids is 2. The van der Waals surface area contributed by atoms with Crippen LogP contribution in [-0.2, 0) is 37.5 Å². The molecular formula is C35H64NO10P. The van der Waals surface area contributed by atoms with Crippen molar-refractivity contribution >= 4 is 25.7 Å². The number of esters is 2. The Balaban J connectivity index is 4.50. The zero-order valence-electron chi connectivity index (χ0n) is 29.1. The molecule has 3 atom stereocenters. The highest BCUT2D eigenvalue weighted by atomic mass is 31.2. The molecule has 0 aromatic rings. The summed E-state index contributed by atoms with van der Waals surface area (Å²) in [5.74, 6) is -2.40. The van der Waals surface area contributed by atoms with Crippen molar-refractivity contribution in [3.05, 3.63) is 24.3 Å². The number of phosphoric ester groups is 1. The summed E-state index contributed by atoms with van der Waals surface area (Å²) >= 11 is 0. The Hall–Kier alpha value is -2.04. The minimum atomic E-state index is -4.70. The van der Waals surface area contributed by atoms with Crippen LogP contribution in [0.15, 0.2) is 24.3 Å². The summed E-state index contributed by atoms with van der Waals surface area (Å²) in [7, 11) is -4.70. The van der Waals surface area contributed by atoms with Crippen LogP contribution in [0.25, 0.3) is 0 Å². The van der Waals surface area contributed by atoms with Crippen LogP contribution in [0.5, 0.6) is 0 Å². The maximum atomic E-state index is 12.5. The number of phosphoric acid groups is 1. The van der Waals surface area contributed by atoms with Crippen molar-refractivity contribution in [2.45, 2.75) is 161 Å².